The molecule has 1 unspecified atom stereocenters. The van der Waals surface area contributed by atoms with Gasteiger partial charge in [-0.3, -0.25) is 0 Å². The molecule has 4 heteroatoms. The van der Waals surface area contributed by atoms with Crippen molar-refractivity contribution in [3.63, 3.8) is 0 Å². The molecule has 0 heterocycles. The maximum atomic E-state index is 2.55. The fourth-order valence-corrected chi connectivity index (χ4v) is 13.8. The molecule has 0 nitrogen and oxygen atoms in total. The maximum Gasteiger partial charge on any atom is -1.00 e. The average molecular weight is 465 g/mol. The van der Waals surface area contributed by atoms with Gasteiger partial charge in [-0.1, -0.05) is 0 Å². The number of aryl methyl sites for hydroxylation is 1. The largest absolute Gasteiger partial charge is 1.00 e. The quantitative estimate of drug-likeness (QED) is 0.537. The van der Waals surface area contributed by atoms with E-state index in [-0.39, 0.29) is 47.2 Å². The Hall–Kier alpha value is -0.400. The molecule has 0 radical (unpaired) electrons. The summed E-state index contributed by atoms with van der Waals surface area (Å²) in [5.41, 5.74) is 10.9. The zero-order valence-corrected chi connectivity index (χ0v) is 19.9. The van der Waals surface area contributed by atoms with E-state index in [2.05, 4.69) is 74.6 Å². The molecule has 0 saturated heterocycles. The standard InChI is InChI=1S/C19H15.C2H7Si.2ClH.Zr/c1-13-10-11-17-16-9-5-4-8-15(16)12-18(17)19(13)14-6-2-3-7-14;1-3-2;;;/h2-6,8-12H,7H2,1H3;3H,1-2H3;2*1H;/q;;;;+2/p-2. The van der Waals surface area contributed by atoms with Crippen molar-refractivity contribution in [3.05, 3.63) is 76.9 Å². The number of hydrogen-bond acceptors (Lipinski definition) is 0. The van der Waals surface area contributed by atoms with Crippen molar-refractivity contribution in [3.8, 4) is 11.1 Å². The van der Waals surface area contributed by atoms with E-state index in [1.807, 2.05) is 0 Å². The molecule has 4 rings (SSSR count). The normalized spacial score (nSPS) is 16.5. The van der Waals surface area contributed by atoms with E-state index < -0.39 is 5.92 Å². The van der Waals surface area contributed by atoms with Gasteiger partial charge >= 0.3 is 152 Å². The van der Waals surface area contributed by atoms with Crippen molar-refractivity contribution in [2.75, 3.05) is 0 Å². The molecule has 128 valence electrons. The molecule has 1 atom stereocenters. The zero-order chi connectivity index (χ0) is 16.0. The monoisotopic (exact) mass is 462 g/mol. The second kappa shape index (κ2) is 8.53. The minimum absolute atomic E-state index is 0. The van der Waals surface area contributed by atoms with Crippen LogP contribution < -0.4 is 24.8 Å². The molecule has 2 aromatic rings. The van der Waals surface area contributed by atoms with Crippen molar-refractivity contribution < 1.29 is 47.2 Å². The van der Waals surface area contributed by atoms with Crippen LogP contribution in [0.5, 0.6) is 0 Å². The van der Waals surface area contributed by atoms with E-state index >= 15 is 0 Å². The van der Waals surface area contributed by atoms with Crippen molar-refractivity contribution >= 4 is 11.5 Å². The topological polar surface area (TPSA) is 0 Å². The first-order valence-electron chi connectivity index (χ1n) is 8.51. The molecule has 2 aromatic carbocycles. The second-order valence-electron chi connectivity index (χ2n) is 6.88. The van der Waals surface area contributed by atoms with Crippen LogP contribution in [0.4, 0.5) is 0 Å². The van der Waals surface area contributed by atoms with Gasteiger partial charge in [-0.2, -0.15) is 0 Å². The molecule has 0 fully saturated rings. The fourth-order valence-electron chi connectivity index (χ4n) is 3.98. The zero-order valence-electron chi connectivity index (χ0n) is 14.8. The molecule has 2 aliphatic carbocycles. The summed E-state index contributed by atoms with van der Waals surface area (Å²) in [4.78, 5) is 0. The van der Waals surface area contributed by atoms with E-state index in [0.717, 1.165) is 10.0 Å². The molecular weight excluding hydrogens is 442 g/mol. The van der Waals surface area contributed by atoms with Gasteiger partial charge in [0, 0.05) is 0 Å². The summed E-state index contributed by atoms with van der Waals surface area (Å²) in [6.45, 7) is 7.41. The summed E-state index contributed by atoms with van der Waals surface area (Å²) in [6.07, 6.45) is 7.95. The molecule has 0 amide bonds. The van der Waals surface area contributed by atoms with Gasteiger partial charge in [0.1, 0.15) is 0 Å². The van der Waals surface area contributed by atoms with Crippen molar-refractivity contribution in [1.29, 1.82) is 0 Å². The van der Waals surface area contributed by atoms with Crippen LogP contribution in [-0.2, 0) is 22.4 Å². The molecule has 0 bridgehead atoms. The summed E-state index contributed by atoms with van der Waals surface area (Å²) in [6, 6.07) is 13.9. The Labute approximate surface area is 175 Å². The van der Waals surface area contributed by atoms with Crippen LogP contribution in [0.15, 0.2) is 54.6 Å². The van der Waals surface area contributed by atoms with E-state index in [4.69, 9.17) is 0 Å². The Morgan fingerprint density at radius 1 is 1.00 bits per heavy atom. The number of rotatable bonds is 3. The van der Waals surface area contributed by atoms with Gasteiger partial charge < -0.3 is 24.8 Å². The Morgan fingerprint density at radius 2 is 1.76 bits per heavy atom. The Morgan fingerprint density at radius 3 is 2.44 bits per heavy atom. The Balaban J connectivity index is 0.00000113. The minimum Gasteiger partial charge on any atom is -1.00 e. The third kappa shape index (κ3) is 3.69. The summed E-state index contributed by atoms with van der Waals surface area (Å²) in [5.74, 6) is -0.476. The molecule has 0 aromatic heterocycles. The third-order valence-corrected chi connectivity index (χ3v) is 14.7. The van der Waals surface area contributed by atoms with Gasteiger partial charge in [-0.25, -0.2) is 0 Å². The summed E-state index contributed by atoms with van der Waals surface area (Å²) in [5, 5.41) is 0. The number of fused-ring (bicyclic) bond motifs is 3. The van der Waals surface area contributed by atoms with Gasteiger partial charge in [0.2, 0.25) is 0 Å². The van der Waals surface area contributed by atoms with Crippen molar-refractivity contribution in [2.45, 2.75) is 30.1 Å². The Kier molecular flexibility index (Phi) is 7.13. The van der Waals surface area contributed by atoms with Crippen LogP contribution in [0.25, 0.3) is 16.7 Å². The van der Waals surface area contributed by atoms with Crippen LogP contribution in [0, 0.1) is 6.92 Å². The fraction of sp³-hybridized carbons (Fsp3) is 0.238. The van der Waals surface area contributed by atoms with E-state index in [1.165, 1.54) is 22.3 Å². The first-order chi connectivity index (χ1) is 11.2. The average Bonchev–Trinajstić information content (AvgIpc) is 3.15. The maximum absolute atomic E-state index is 2.55. The Bertz CT molecular complexity index is 840. The number of allylic oxidation sites excluding steroid dienone is 4. The van der Waals surface area contributed by atoms with E-state index in [0.29, 0.717) is 0 Å². The molecule has 0 aliphatic heterocycles. The van der Waals surface area contributed by atoms with Gasteiger partial charge in [-0.15, -0.1) is 0 Å². The van der Waals surface area contributed by atoms with Crippen LogP contribution in [0.2, 0.25) is 13.1 Å². The third-order valence-electron chi connectivity index (χ3n) is 4.90. The van der Waals surface area contributed by atoms with Gasteiger partial charge in [0.05, 0.1) is 0 Å². The molecule has 0 N–H and O–H groups in total. The molecule has 2 aliphatic rings. The number of benzene rings is 2. The predicted molar refractivity (Wildman–Crippen MR) is 99.1 cm³/mol. The number of halogens is 2. The van der Waals surface area contributed by atoms with Crippen LogP contribution in [0.3, 0.4) is 0 Å². The van der Waals surface area contributed by atoms with E-state index in [1.54, 1.807) is 16.7 Å². The second-order valence-corrected chi connectivity index (χ2v) is 21.9. The summed E-state index contributed by atoms with van der Waals surface area (Å²) < 4.78 is 0.771. The first kappa shape index (κ1) is 20.9. The molecule has 0 spiro atoms. The molecule has 0 saturated carbocycles. The minimum atomic E-state index is -0.476. The van der Waals surface area contributed by atoms with Crippen LogP contribution >= 0.6 is 0 Å². The van der Waals surface area contributed by atoms with Gasteiger partial charge in [0.25, 0.3) is 0 Å². The molecular formula is C21H22Cl2SiZr. The van der Waals surface area contributed by atoms with Crippen LogP contribution in [0.1, 0.15) is 32.3 Å². The SMILES string of the molecule is Cc1ccc2c(c1C1=CC=CC1)[CH]([Zr+2][SiH](C)C)c1ccccc1-2.[Cl-].[Cl-]. The van der Waals surface area contributed by atoms with Crippen molar-refractivity contribution in [2.24, 2.45) is 0 Å². The first-order valence-corrected chi connectivity index (χ1v) is 17.1. The summed E-state index contributed by atoms with van der Waals surface area (Å²) in [7, 11) is 0. The number of hydrogen-bond donors (Lipinski definition) is 0. The smallest absolute Gasteiger partial charge is 1.00 e. The van der Waals surface area contributed by atoms with Crippen LogP contribution in [-0.4, -0.2) is 5.92 Å². The van der Waals surface area contributed by atoms with E-state index in [9.17, 15) is 0 Å². The summed E-state index contributed by atoms with van der Waals surface area (Å²) >= 11 is -0.388. The predicted octanol–water partition coefficient (Wildman–Crippen LogP) is -0.518. The van der Waals surface area contributed by atoms with Gasteiger partial charge in [-0.05, 0) is 0 Å². The van der Waals surface area contributed by atoms with Crippen molar-refractivity contribution in [1.82, 2.24) is 0 Å². The van der Waals surface area contributed by atoms with Gasteiger partial charge in [0.15, 0.2) is 0 Å². The molecule has 25 heavy (non-hydrogen) atoms.